The van der Waals surface area contributed by atoms with Crippen LogP contribution in [0.1, 0.15) is 23.4 Å². The van der Waals surface area contributed by atoms with Gasteiger partial charge < -0.3 is 10.6 Å². The molecule has 1 aromatic heterocycles. The van der Waals surface area contributed by atoms with Crippen LogP contribution in [-0.2, 0) is 6.42 Å². The minimum absolute atomic E-state index is 0.135. The Morgan fingerprint density at radius 1 is 1.35 bits per heavy atom. The monoisotopic (exact) mass is 372 g/mol. The molecule has 0 aliphatic carbocycles. The van der Waals surface area contributed by atoms with E-state index < -0.39 is 0 Å². The smallest absolute Gasteiger partial charge is 0.107 e. The van der Waals surface area contributed by atoms with Crippen molar-refractivity contribution < 1.29 is 0 Å². The van der Waals surface area contributed by atoms with E-state index in [1.54, 1.807) is 11.3 Å². The lowest BCUT2D eigenvalue weighted by Gasteiger charge is -2.28. The summed E-state index contributed by atoms with van der Waals surface area (Å²) in [7, 11) is 2.07. The van der Waals surface area contributed by atoms with Crippen LogP contribution < -0.4 is 10.6 Å². The second-order valence-electron chi connectivity index (χ2n) is 4.65. The molecule has 0 spiro atoms. The lowest BCUT2D eigenvalue weighted by molar-refractivity contribution is 0.692. The molecule has 2 aromatic rings. The molecule has 0 amide bonds. The van der Waals surface area contributed by atoms with Crippen LogP contribution in [0, 0.1) is 0 Å². The first kappa shape index (κ1) is 15.8. The van der Waals surface area contributed by atoms with Gasteiger partial charge in [-0.15, -0.1) is 11.3 Å². The first-order valence-corrected chi connectivity index (χ1v) is 8.52. The zero-order chi connectivity index (χ0) is 14.7. The fourth-order valence-electron chi connectivity index (χ4n) is 2.14. The average molecular weight is 374 g/mol. The van der Waals surface area contributed by atoms with Crippen LogP contribution in [0.5, 0.6) is 0 Å². The van der Waals surface area contributed by atoms with E-state index in [0.717, 1.165) is 15.2 Å². The van der Waals surface area contributed by atoms with Crippen LogP contribution >= 0.6 is 38.9 Å². The van der Waals surface area contributed by atoms with Crippen molar-refractivity contribution in [3.63, 3.8) is 0 Å². The first-order valence-electron chi connectivity index (χ1n) is 6.53. The van der Waals surface area contributed by atoms with Gasteiger partial charge in [0.1, 0.15) is 4.34 Å². The molecule has 2 rings (SSSR count). The van der Waals surface area contributed by atoms with Crippen LogP contribution in [0.2, 0.25) is 4.34 Å². The van der Waals surface area contributed by atoms with E-state index in [1.165, 1.54) is 16.1 Å². The third-order valence-electron chi connectivity index (χ3n) is 3.44. The van der Waals surface area contributed by atoms with Crippen LogP contribution in [0.4, 0.5) is 5.69 Å². The summed E-state index contributed by atoms with van der Waals surface area (Å²) in [6.07, 6.45) is 1.05. The Bertz CT molecular complexity index is 548. The van der Waals surface area contributed by atoms with E-state index in [9.17, 15) is 0 Å². The Hall–Kier alpha value is -0.550. The van der Waals surface area contributed by atoms with Crippen molar-refractivity contribution in [2.45, 2.75) is 19.4 Å². The van der Waals surface area contributed by atoms with Gasteiger partial charge in [-0.25, -0.2) is 0 Å². The molecular weight excluding hydrogens is 356 g/mol. The number of likely N-dealkylation sites (N-methyl/N-ethyl adjacent to an activating group) is 1. The molecule has 2 N–H and O–H groups in total. The normalized spacial score (nSPS) is 12.4. The SMILES string of the molecule is CCc1ccc(N(C)C(CN)c2cc(Br)c(Cl)s2)cc1. The zero-order valence-electron chi connectivity index (χ0n) is 11.6. The standard InChI is InChI=1S/C15H18BrClN2S/c1-3-10-4-6-11(7-5-10)19(2)13(9-18)14-8-12(16)15(17)20-14/h4-8,13H,3,9,18H2,1-2H3. The summed E-state index contributed by atoms with van der Waals surface area (Å²) >= 11 is 11.2. The van der Waals surface area contributed by atoms with Gasteiger partial charge in [0.25, 0.3) is 0 Å². The molecule has 1 aromatic carbocycles. The van der Waals surface area contributed by atoms with Gasteiger partial charge in [-0.2, -0.15) is 0 Å². The van der Waals surface area contributed by atoms with Gasteiger partial charge in [0, 0.05) is 28.6 Å². The Morgan fingerprint density at radius 3 is 2.45 bits per heavy atom. The predicted octanol–water partition coefficient (Wildman–Crippen LogP) is 4.86. The number of nitrogens with two attached hydrogens (primary N) is 1. The minimum atomic E-state index is 0.135. The van der Waals surface area contributed by atoms with E-state index in [-0.39, 0.29) is 6.04 Å². The fraction of sp³-hybridized carbons (Fsp3) is 0.333. The number of rotatable bonds is 5. The van der Waals surface area contributed by atoms with E-state index in [1.807, 2.05) is 0 Å². The molecule has 0 fully saturated rings. The van der Waals surface area contributed by atoms with Gasteiger partial charge in [0.05, 0.1) is 6.04 Å². The van der Waals surface area contributed by atoms with Crippen LogP contribution in [-0.4, -0.2) is 13.6 Å². The van der Waals surface area contributed by atoms with Gasteiger partial charge in [-0.1, -0.05) is 30.7 Å². The van der Waals surface area contributed by atoms with E-state index in [2.05, 4.69) is 65.1 Å². The predicted molar refractivity (Wildman–Crippen MR) is 93.0 cm³/mol. The first-order chi connectivity index (χ1) is 9.56. The summed E-state index contributed by atoms with van der Waals surface area (Å²) in [5.74, 6) is 0. The molecule has 0 aliphatic heterocycles. The fourth-order valence-corrected chi connectivity index (χ4v) is 4.03. The van der Waals surface area contributed by atoms with Crippen molar-refractivity contribution in [3.05, 3.63) is 49.6 Å². The molecule has 1 heterocycles. The third kappa shape index (κ3) is 3.37. The summed E-state index contributed by atoms with van der Waals surface area (Å²) in [5, 5.41) is 0. The second-order valence-corrected chi connectivity index (χ2v) is 7.19. The summed E-state index contributed by atoms with van der Waals surface area (Å²) in [6.45, 7) is 2.71. The van der Waals surface area contributed by atoms with Crippen molar-refractivity contribution in [2.24, 2.45) is 5.73 Å². The Morgan fingerprint density at radius 2 is 2.00 bits per heavy atom. The van der Waals surface area contributed by atoms with Gasteiger partial charge >= 0.3 is 0 Å². The van der Waals surface area contributed by atoms with E-state index in [0.29, 0.717) is 6.54 Å². The van der Waals surface area contributed by atoms with Gasteiger partial charge in [0.2, 0.25) is 0 Å². The van der Waals surface area contributed by atoms with Crippen molar-refractivity contribution in [2.75, 3.05) is 18.5 Å². The Kier molecular flexibility index (Phi) is 5.49. The van der Waals surface area contributed by atoms with Crippen LogP contribution in [0.3, 0.4) is 0 Å². The molecule has 0 radical (unpaired) electrons. The van der Waals surface area contributed by atoms with Crippen molar-refractivity contribution in [3.8, 4) is 0 Å². The topological polar surface area (TPSA) is 29.3 Å². The third-order valence-corrected chi connectivity index (χ3v) is 6.01. The molecule has 108 valence electrons. The number of thiophene rings is 1. The van der Waals surface area contributed by atoms with Crippen LogP contribution in [0.25, 0.3) is 0 Å². The van der Waals surface area contributed by atoms with E-state index >= 15 is 0 Å². The highest BCUT2D eigenvalue weighted by atomic mass is 79.9. The quantitative estimate of drug-likeness (QED) is 0.810. The molecule has 1 unspecified atom stereocenters. The molecular formula is C15H18BrClN2S. The highest BCUT2D eigenvalue weighted by Crippen LogP contribution is 2.37. The molecule has 20 heavy (non-hydrogen) atoms. The van der Waals surface area contributed by atoms with Crippen LogP contribution in [0.15, 0.2) is 34.8 Å². The number of halogens is 2. The Labute approximate surface area is 137 Å². The molecule has 5 heteroatoms. The number of hydrogen-bond donors (Lipinski definition) is 1. The number of hydrogen-bond acceptors (Lipinski definition) is 3. The molecule has 2 nitrogen and oxygen atoms in total. The molecule has 0 bridgehead atoms. The lowest BCUT2D eigenvalue weighted by atomic mass is 10.1. The highest BCUT2D eigenvalue weighted by molar-refractivity contribution is 9.10. The number of aryl methyl sites for hydroxylation is 1. The summed E-state index contributed by atoms with van der Waals surface area (Å²) in [5.41, 5.74) is 8.47. The maximum absolute atomic E-state index is 6.13. The number of benzene rings is 1. The van der Waals surface area contributed by atoms with Crippen molar-refractivity contribution >= 4 is 44.6 Å². The number of anilines is 1. The maximum atomic E-state index is 6.13. The minimum Gasteiger partial charge on any atom is -0.365 e. The molecule has 0 saturated carbocycles. The number of nitrogens with zero attached hydrogens (tertiary/aromatic N) is 1. The lowest BCUT2D eigenvalue weighted by Crippen LogP contribution is -2.29. The van der Waals surface area contributed by atoms with Crippen molar-refractivity contribution in [1.29, 1.82) is 0 Å². The van der Waals surface area contributed by atoms with Crippen molar-refractivity contribution in [1.82, 2.24) is 0 Å². The largest absolute Gasteiger partial charge is 0.365 e. The zero-order valence-corrected chi connectivity index (χ0v) is 14.7. The Balaban J connectivity index is 2.25. The van der Waals surface area contributed by atoms with Gasteiger partial charge in [-0.05, 0) is 46.1 Å². The highest BCUT2D eigenvalue weighted by Gasteiger charge is 2.19. The molecule has 1 atom stereocenters. The summed E-state index contributed by atoms with van der Waals surface area (Å²) < 4.78 is 1.71. The maximum Gasteiger partial charge on any atom is 0.107 e. The molecule has 0 aliphatic rings. The second kappa shape index (κ2) is 6.94. The average Bonchev–Trinajstić information content (AvgIpc) is 2.79. The summed E-state index contributed by atoms with van der Waals surface area (Å²) in [6, 6.07) is 10.8. The van der Waals surface area contributed by atoms with Gasteiger partial charge in [-0.3, -0.25) is 0 Å². The van der Waals surface area contributed by atoms with E-state index in [4.69, 9.17) is 17.3 Å². The van der Waals surface area contributed by atoms with Gasteiger partial charge in [0.15, 0.2) is 0 Å². The molecule has 0 saturated heterocycles. The summed E-state index contributed by atoms with van der Waals surface area (Å²) in [4.78, 5) is 3.38.